The molecule has 0 saturated heterocycles. The molecular weight excluding hydrogens is 928 g/mol. The molecule has 10 heteroatoms. The van der Waals surface area contributed by atoms with Crippen molar-refractivity contribution in [2.45, 2.75) is 277 Å². The SMILES string of the molecule is CC/C=C\C/C=C\C/C=C\C/C=C\C/C=C\CCCC(=O)NC(COP(=O)(O)OCC[N+](C)(C)C)C(/C=C/CCCCCCCCCCC)OC(=O)CCCCCCCCCCCCCCCCCCCCC. The lowest BCUT2D eigenvalue weighted by Gasteiger charge is -2.27. The number of phosphoric ester groups is 1. The third kappa shape index (κ3) is 54.1. The van der Waals surface area contributed by atoms with Crippen molar-refractivity contribution in [2.75, 3.05) is 40.9 Å². The van der Waals surface area contributed by atoms with E-state index in [0.29, 0.717) is 17.4 Å². The lowest BCUT2D eigenvalue weighted by Crippen LogP contribution is -2.47. The van der Waals surface area contributed by atoms with Crippen LogP contribution in [-0.2, 0) is 27.9 Å². The molecule has 0 saturated carbocycles. The number of carbonyl (C=O) groups is 2. The Labute approximate surface area is 451 Å². The van der Waals surface area contributed by atoms with Crippen LogP contribution in [0.25, 0.3) is 0 Å². The molecule has 0 aromatic rings. The summed E-state index contributed by atoms with van der Waals surface area (Å²) in [5, 5.41) is 3.02. The number of likely N-dealkylation sites (N-methyl/N-ethyl adjacent to an activating group) is 1. The van der Waals surface area contributed by atoms with Crippen molar-refractivity contribution in [1.82, 2.24) is 5.32 Å². The Morgan fingerprint density at radius 3 is 1.33 bits per heavy atom. The van der Waals surface area contributed by atoms with Crippen LogP contribution >= 0.6 is 7.82 Å². The number of carbonyl (C=O) groups excluding carboxylic acids is 2. The first-order valence-corrected chi connectivity index (χ1v) is 31.8. The van der Waals surface area contributed by atoms with E-state index < -0.39 is 20.0 Å². The minimum absolute atomic E-state index is 0.0284. The van der Waals surface area contributed by atoms with E-state index in [9.17, 15) is 19.0 Å². The molecule has 3 unspecified atom stereocenters. The third-order valence-corrected chi connectivity index (χ3v) is 14.1. The fraction of sp³-hybridized carbons (Fsp3) is 0.778. The second-order valence-electron chi connectivity index (χ2n) is 21.5. The van der Waals surface area contributed by atoms with E-state index in [1.165, 1.54) is 148 Å². The number of hydrogen-bond acceptors (Lipinski definition) is 6. The van der Waals surface area contributed by atoms with Gasteiger partial charge in [0.25, 0.3) is 0 Å². The maximum absolute atomic E-state index is 13.5. The zero-order chi connectivity index (χ0) is 53.6. The lowest BCUT2D eigenvalue weighted by atomic mass is 10.0. The summed E-state index contributed by atoms with van der Waals surface area (Å²) < 4.78 is 30.6. The van der Waals surface area contributed by atoms with Gasteiger partial charge in [-0.1, -0.05) is 255 Å². The maximum atomic E-state index is 13.5. The van der Waals surface area contributed by atoms with E-state index in [1.807, 2.05) is 33.3 Å². The Balaban J connectivity index is 5.31. The molecule has 73 heavy (non-hydrogen) atoms. The normalized spacial score (nSPS) is 14.2. The van der Waals surface area contributed by atoms with Crippen molar-refractivity contribution >= 4 is 19.7 Å². The maximum Gasteiger partial charge on any atom is 0.472 e. The highest BCUT2D eigenvalue weighted by Crippen LogP contribution is 2.43. The van der Waals surface area contributed by atoms with Gasteiger partial charge in [0.15, 0.2) is 0 Å². The topological polar surface area (TPSA) is 111 Å². The third-order valence-electron chi connectivity index (χ3n) is 13.2. The van der Waals surface area contributed by atoms with Crippen LogP contribution < -0.4 is 5.32 Å². The molecule has 0 bridgehead atoms. The Morgan fingerprint density at radius 2 is 0.890 bits per heavy atom. The number of esters is 1. The molecule has 9 nitrogen and oxygen atoms in total. The number of nitrogens with one attached hydrogen (secondary N) is 1. The van der Waals surface area contributed by atoms with Gasteiger partial charge in [0.05, 0.1) is 33.8 Å². The number of ether oxygens (including phenoxy) is 1. The van der Waals surface area contributed by atoms with Gasteiger partial charge >= 0.3 is 13.8 Å². The molecule has 0 rings (SSSR count). The predicted octanol–water partition coefficient (Wildman–Crippen LogP) is 18.4. The van der Waals surface area contributed by atoms with Crippen LogP contribution in [0.2, 0.25) is 0 Å². The van der Waals surface area contributed by atoms with Crippen molar-refractivity contribution in [3.63, 3.8) is 0 Å². The van der Waals surface area contributed by atoms with Gasteiger partial charge in [-0.3, -0.25) is 18.6 Å². The molecule has 3 atom stereocenters. The number of allylic oxidation sites excluding steroid dienone is 11. The van der Waals surface area contributed by atoms with Crippen LogP contribution in [0.15, 0.2) is 72.9 Å². The smallest absolute Gasteiger partial charge is 0.456 e. The van der Waals surface area contributed by atoms with Crippen molar-refractivity contribution in [3.05, 3.63) is 72.9 Å². The first-order chi connectivity index (χ1) is 35.4. The van der Waals surface area contributed by atoms with Crippen LogP contribution in [0.3, 0.4) is 0 Å². The average molecular weight is 1040 g/mol. The van der Waals surface area contributed by atoms with Crippen LogP contribution in [0.1, 0.15) is 265 Å². The minimum atomic E-state index is -4.46. The standard InChI is InChI=1S/C63H115N2O7P/c1-7-10-13-16-19-22-25-27-29-31-32-34-36-38-41-44-47-50-53-56-63(67)72-61(54-51-48-45-42-39-24-21-18-15-12-9-3)60(59-71-73(68,69)70-58-57-65(4,5)6)64-62(66)55-52-49-46-43-40-37-35-33-30-28-26-23-20-17-14-11-8-2/h11,14,20,23,28,30,35,37,43,46,51,54,60-61H,7-10,12-13,15-19,21-22,24-27,29,31-34,36,38-42,44-45,47-50,52-53,55-59H2,1-6H3,(H-,64,66,68,69)/p+1/b14-11-,23-20-,30-28-,37-35-,46-43-,54-51+. The van der Waals surface area contributed by atoms with Gasteiger partial charge in [-0.15, -0.1) is 0 Å². The second-order valence-corrected chi connectivity index (χ2v) is 23.0. The highest BCUT2D eigenvalue weighted by atomic mass is 31.2. The molecule has 2 N–H and O–H groups in total. The molecule has 0 fully saturated rings. The average Bonchev–Trinajstić information content (AvgIpc) is 3.35. The van der Waals surface area contributed by atoms with E-state index in [1.54, 1.807) is 0 Å². The molecule has 0 aliphatic heterocycles. The molecule has 0 radical (unpaired) electrons. The van der Waals surface area contributed by atoms with Gasteiger partial charge in [-0.2, -0.15) is 0 Å². The Morgan fingerprint density at radius 1 is 0.493 bits per heavy atom. The molecule has 0 aromatic heterocycles. The molecule has 0 aliphatic rings. The van der Waals surface area contributed by atoms with Gasteiger partial charge < -0.3 is 19.4 Å². The zero-order valence-corrected chi connectivity index (χ0v) is 49.3. The van der Waals surface area contributed by atoms with E-state index in [-0.39, 0.29) is 37.9 Å². The van der Waals surface area contributed by atoms with E-state index in [2.05, 4.69) is 86.8 Å². The number of unbranched alkanes of at least 4 members (excludes halogenated alkanes) is 28. The first kappa shape index (κ1) is 70.5. The van der Waals surface area contributed by atoms with E-state index in [0.717, 1.165) is 77.0 Å². The van der Waals surface area contributed by atoms with Gasteiger partial charge in [0.1, 0.15) is 19.3 Å². The summed E-state index contributed by atoms with van der Waals surface area (Å²) in [5.41, 5.74) is 0. The van der Waals surface area contributed by atoms with Crippen LogP contribution in [0, 0.1) is 0 Å². The Kier molecular flexibility index (Phi) is 51.0. The summed E-state index contributed by atoms with van der Waals surface area (Å²) in [5.74, 6) is -0.569. The number of quaternary nitrogens is 1. The molecule has 1 amide bonds. The fourth-order valence-electron chi connectivity index (χ4n) is 8.51. The van der Waals surface area contributed by atoms with Crippen molar-refractivity contribution in [2.24, 2.45) is 0 Å². The van der Waals surface area contributed by atoms with Gasteiger partial charge in [-0.25, -0.2) is 4.57 Å². The molecule has 0 aliphatic carbocycles. The molecule has 424 valence electrons. The first-order valence-electron chi connectivity index (χ1n) is 30.3. The van der Waals surface area contributed by atoms with Crippen LogP contribution in [0.5, 0.6) is 0 Å². The van der Waals surface area contributed by atoms with Gasteiger partial charge in [-0.05, 0) is 70.3 Å². The second kappa shape index (κ2) is 52.9. The largest absolute Gasteiger partial charge is 0.472 e. The number of rotatable bonds is 54. The quantitative estimate of drug-likeness (QED) is 0.0205. The summed E-state index contributed by atoms with van der Waals surface area (Å²) in [6, 6.07) is -0.878. The predicted molar refractivity (Wildman–Crippen MR) is 314 cm³/mol. The number of nitrogens with zero attached hydrogens (tertiary/aromatic N) is 1. The van der Waals surface area contributed by atoms with Crippen molar-refractivity contribution in [3.8, 4) is 0 Å². The highest BCUT2D eigenvalue weighted by molar-refractivity contribution is 7.47. The molecule has 0 spiro atoms. The Bertz CT molecular complexity index is 1480. The Hall–Kier alpha value is -2.55. The van der Waals surface area contributed by atoms with Gasteiger partial charge in [0.2, 0.25) is 5.91 Å². The number of hydrogen-bond donors (Lipinski definition) is 2. The summed E-state index contributed by atoms with van der Waals surface area (Å²) in [6.07, 6.45) is 67.7. The summed E-state index contributed by atoms with van der Waals surface area (Å²) >= 11 is 0. The van der Waals surface area contributed by atoms with Crippen molar-refractivity contribution < 1.29 is 37.3 Å². The monoisotopic (exact) mass is 1040 g/mol. The molecular formula is C63H116N2O7P+. The molecule has 0 aromatic carbocycles. The summed E-state index contributed by atoms with van der Waals surface area (Å²) in [6.45, 7) is 6.86. The van der Waals surface area contributed by atoms with Crippen molar-refractivity contribution in [1.29, 1.82) is 0 Å². The summed E-state index contributed by atoms with van der Waals surface area (Å²) in [4.78, 5) is 37.6. The highest BCUT2D eigenvalue weighted by Gasteiger charge is 2.30. The van der Waals surface area contributed by atoms with Crippen LogP contribution in [0.4, 0.5) is 0 Å². The lowest BCUT2D eigenvalue weighted by molar-refractivity contribution is -0.870. The zero-order valence-electron chi connectivity index (χ0n) is 48.4. The fourth-order valence-corrected chi connectivity index (χ4v) is 9.24. The van der Waals surface area contributed by atoms with E-state index in [4.69, 9.17) is 13.8 Å². The number of phosphoric acid groups is 1. The van der Waals surface area contributed by atoms with Gasteiger partial charge in [0, 0.05) is 12.8 Å². The number of amides is 1. The molecule has 0 heterocycles. The van der Waals surface area contributed by atoms with Crippen LogP contribution in [-0.4, -0.2) is 74.3 Å². The summed E-state index contributed by atoms with van der Waals surface area (Å²) in [7, 11) is 1.46. The van der Waals surface area contributed by atoms with E-state index >= 15 is 0 Å². The minimum Gasteiger partial charge on any atom is -0.456 e.